The second kappa shape index (κ2) is 3.26. The lowest BCUT2D eigenvalue weighted by molar-refractivity contribution is 0.210. The van der Waals surface area contributed by atoms with Crippen molar-refractivity contribution in [1.29, 1.82) is 0 Å². The van der Waals surface area contributed by atoms with Crippen LogP contribution < -0.4 is 10.5 Å². The molecule has 1 heterocycles. The molecule has 1 aliphatic rings. The van der Waals surface area contributed by atoms with Crippen molar-refractivity contribution in [2.45, 2.75) is 18.9 Å². The summed E-state index contributed by atoms with van der Waals surface area (Å²) in [6.07, 6.45) is 0.935. The van der Waals surface area contributed by atoms with Gasteiger partial charge >= 0.3 is 0 Å². The van der Waals surface area contributed by atoms with Gasteiger partial charge in [-0.15, -0.1) is 0 Å². The fourth-order valence-electron chi connectivity index (χ4n) is 1.63. The van der Waals surface area contributed by atoms with Gasteiger partial charge < -0.3 is 15.6 Å². The molecule has 0 saturated carbocycles. The van der Waals surface area contributed by atoms with E-state index in [0.29, 0.717) is 0 Å². The Balaban J connectivity index is 2.38. The Bertz CT molecular complexity index is 347. The first-order valence-corrected chi connectivity index (χ1v) is 4.79. The largest absolute Gasteiger partial charge is 0.493 e. The van der Waals surface area contributed by atoms with Gasteiger partial charge in [-0.1, -0.05) is 12.1 Å². The van der Waals surface area contributed by atoms with Crippen molar-refractivity contribution in [3.05, 3.63) is 29.3 Å². The molecule has 0 radical (unpaired) electrons. The maximum Gasteiger partial charge on any atom is 0.122 e. The van der Waals surface area contributed by atoms with E-state index in [2.05, 4.69) is 0 Å². The van der Waals surface area contributed by atoms with E-state index in [1.165, 1.54) is 5.56 Å². The van der Waals surface area contributed by atoms with Crippen LogP contribution in [0.4, 0.5) is 0 Å². The van der Waals surface area contributed by atoms with E-state index in [0.717, 1.165) is 24.3 Å². The van der Waals surface area contributed by atoms with Crippen LogP contribution in [0, 0.1) is 0 Å². The van der Waals surface area contributed by atoms with Gasteiger partial charge in [0.25, 0.3) is 0 Å². The summed E-state index contributed by atoms with van der Waals surface area (Å²) in [5, 5.41) is 9.14. The van der Waals surface area contributed by atoms with E-state index in [-0.39, 0.29) is 6.61 Å². The van der Waals surface area contributed by atoms with Crippen LogP contribution in [0.5, 0.6) is 5.75 Å². The lowest BCUT2D eigenvalue weighted by Crippen LogP contribution is -2.36. The number of fused-ring (bicyclic) bond motifs is 1. The number of aliphatic hydroxyl groups excluding tert-OH is 1. The van der Waals surface area contributed by atoms with Crippen molar-refractivity contribution < 1.29 is 9.84 Å². The fraction of sp³-hybridized carbons (Fsp3) is 0.455. The van der Waals surface area contributed by atoms with Gasteiger partial charge in [0.05, 0.1) is 18.8 Å². The van der Waals surface area contributed by atoms with Gasteiger partial charge in [0.2, 0.25) is 0 Å². The molecule has 3 heteroatoms. The molecule has 76 valence electrons. The van der Waals surface area contributed by atoms with Crippen molar-refractivity contribution in [3.63, 3.8) is 0 Å². The molecule has 3 nitrogen and oxygen atoms in total. The zero-order valence-electron chi connectivity index (χ0n) is 8.29. The molecule has 0 amide bonds. The van der Waals surface area contributed by atoms with Gasteiger partial charge in [0, 0.05) is 6.42 Å². The normalized spacial score (nSPS) is 18.5. The smallest absolute Gasteiger partial charge is 0.122 e. The van der Waals surface area contributed by atoms with Gasteiger partial charge in [-0.05, 0) is 24.1 Å². The highest BCUT2D eigenvalue weighted by molar-refractivity contribution is 5.41. The summed E-state index contributed by atoms with van der Waals surface area (Å²) >= 11 is 0. The lowest BCUT2D eigenvalue weighted by Gasteiger charge is -2.22. The summed E-state index contributed by atoms with van der Waals surface area (Å²) in [6, 6.07) is 5.87. The Kier molecular flexibility index (Phi) is 2.21. The average molecular weight is 193 g/mol. The van der Waals surface area contributed by atoms with Gasteiger partial charge in [-0.2, -0.15) is 0 Å². The number of ether oxygens (including phenoxy) is 1. The summed E-state index contributed by atoms with van der Waals surface area (Å²) in [5.41, 5.74) is 7.44. The SMILES string of the molecule is C[C@@](N)(CO)c1ccc2c(c1)CCO2. The van der Waals surface area contributed by atoms with Crippen LogP contribution in [0.2, 0.25) is 0 Å². The lowest BCUT2D eigenvalue weighted by atomic mass is 9.92. The zero-order chi connectivity index (χ0) is 10.2. The minimum Gasteiger partial charge on any atom is -0.493 e. The molecule has 0 spiro atoms. The number of rotatable bonds is 2. The zero-order valence-corrected chi connectivity index (χ0v) is 8.29. The Morgan fingerprint density at radius 1 is 1.57 bits per heavy atom. The standard InChI is InChI=1S/C11H15NO2/c1-11(12,7-13)9-2-3-10-8(6-9)4-5-14-10/h2-3,6,13H,4-5,7,12H2,1H3/t11-/m1/s1. The monoisotopic (exact) mass is 193 g/mol. The van der Waals surface area contributed by atoms with Crippen LogP contribution in [0.15, 0.2) is 18.2 Å². The van der Waals surface area contributed by atoms with Gasteiger partial charge in [0.1, 0.15) is 5.75 Å². The maximum absolute atomic E-state index is 9.14. The van der Waals surface area contributed by atoms with Crippen LogP contribution in [-0.2, 0) is 12.0 Å². The predicted octanol–water partition coefficient (Wildman–Crippen LogP) is 0.788. The molecule has 0 bridgehead atoms. The molecule has 1 aliphatic heterocycles. The van der Waals surface area contributed by atoms with Gasteiger partial charge in [0.15, 0.2) is 0 Å². The number of nitrogens with two attached hydrogens (primary N) is 1. The van der Waals surface area contributed by atoms with E-state index >= 15 is 0 Å². The summed E-state index contributed by atoms with van der Waals surface area (Å²) in [4.78, 5) is 0. The number of hydrogen-bond donors (Lipinski definition) is 2. The van der Waals surface area contributed by atoms with Crippen LogP contribution in [-0.4, -0.2) is 18.3 Å². The third kappa shape index (κ3) is 1.49. The average Bonchev–Trinajstić information content (AvgIpc) is 2.64. The van der Waals surface area contributed by atoms with Crippen LogP contribution in [0.1, 0.15) is 18.1 Å². The second-order valence-corrected chi connectivity index (χ2v) is 4.00. The van der Waals surface area contributed by atoms with Crippen molar-refractivity contribution >= 4 is 0 Å². The van der Waals surface area contributed by atoms with E-state index in [1.54, 1.807) is 0 Å². The molecule has 0 fully saturated rings. The minimum atomic E-state index is -0.655. The highest BCUT2D eigenvalue weighted by Gasteiger charge is 2.22. The molecule has 0 unspecified atom stereocenters. The van der Waals surface area contributed by atoms with Gasteiger partial charge in [-0.25, -0.2) is 0 Å². The highest BCUT2D eigenvalue weighted by atomic mass is 16.5. The molecule has 0 saturated heterocycles. The van der Waals surface area contributed by atoms with E-state index in [9.17, 15) is 0 Å². The number of aliphatic hydroxyl groups is 1. The third-order valence-corrected chi connectivity index (χ3v) is 2.68. The maximum atomic E-state index is 9.14. The first kappa shape index (κ1) is 9.49. The first-order chi connectivity index (χ1) is 6.63. The Hall–Kier alpha value is -1.06. The summed E-state index contributed by atoms with van der Waals surface area (Å²) < 4.78 is 5.40. The van der Waals surface area contributed by atoms with E-state index in [1.807, 2.05) is 25.1 Å². The first-order valence-electron chi connectivity index (χ1n) is 4.79. The second-order valence-electron chi connectivity index (χ2n) is 4.00. The van der Waals surface area contributed by atoms with Crippen molar-refractivity contribution in [2.75, 3.05) is 13.2 Å². The Labute approximate surface area is 83.5 Å². The molecular weight excluding hydrogens is 178 g/mol. The molecule has 0 aliphatic carbocycles. The predicted molar refractivity (Wildman–Crippen MR) is 54.3 cm³/mol. The van der Waals surface area contributed by atoms with Crippen LogP contribution >= 0.6 is 0 Å². The van der Waals surface area contributed by atoms with Crippen molar-refractivity contribution in [1.82, 2.24) is 0 Å². The number of hydrogen-bond acceptors (Lipinski definition) is 3. The fourth-order valence-corrected chi connectivity index (χ4v) is 1.63. The molecule has 1 atom stereocenters. The molecule has 1 aromatic rings. The molecular formula is C11H15NO2. The topological polar surface area (TPSA) is 55.5 Å². The van der Waals surface area contributed by atoms with E-state index in [4.69, 9.17) is 15.6 Å². The Morgan fingerprint density at radius 2 is 2.36 bits per heavy atom. The van der Waals surface area contributed by atoms with Crippen molar-refractivity contribution in [3.8, 4) is 5.75 Å². The summed E-state index contributed by atoms with van der Waals surface area (Å²) in [5.74, 6) is 0.947. The van der Waals surface area contributed by atoms with Crippen LogP contribution in [0.25, 0.3) is 0 Å². The summed E-state index contributed by atoms with van der Waals surface area (Å²) in [6.45, 7) is 2.52. The number of benzene rings is 1. The van der Waals surface area contributed by atoms with Crippen molar-refractivity contribution in [2.24, 2.45) is 5.73 Å². The Morgan fingerprint density at radius 3 is 3.07 bits per heavy atom. The molecule has 0 aromatic heterocycles. The molecule has 14 heavy (non-hydrogen) atoms. The summed E-state index contributed by atoms with van der Waals surface area (Å²) in [7, 11) is 0. The third-order valence-electron chi connectivity index (χ3n) is 2.68. The molecule has 2 rings (SSSR count). The highest BCUT2D eigenvalue weighted by Crippen LogP contribution is 2.29. The molecule has 3 N–H and O–H groups in total. The quantitative estimate of drug-likeness (QED) is 0.730. The minimum absolute atomic E-state index is 0.0490. The van der Waals surface area contributed by atoms with Crippen LogP contribution in [0.3, 0.4) is 0 Å². The van der Waals surface area contributed by atoms with Gasteiger partial charge in [-0.3, -0.25) is 0 Å². The van der Waals surface area contributed by atoms with E-state index < -0.39 is 5.54 Å². The molecule has 1 aromatic carbocycles.